The summed E-state index contributed by atoms with van der Waals surface area (Å²) in [7, 11) is 0. The maximum absolute atomic E-state index is 10.9. The van der Waals surface area contributed by atoms with Gasteiger partial charge in [-0.25, -0.2) is 4.98 Å². The summed E-state index contributed by atoms with van der Waals surface area (Å²) in [5.41, 5.74) is 0.524. The topological polar surface area (TPSA) is 54.6 Å². The van der Waals surface area contributed by atoms with Crippen LogP contribution in [0.1, 0.15) is 0 Å². The molecule has 2 heterocycles. The second kappa shape index (κ2) is 2.34. The Bertz CT molecular complexity index is 515. The maximum atomic E-state index is 10.9. The maximum Gasteiger partial charge on any atom is 0.182 e. The Morgan fingerprint density at radius 3 is 3.17 bits per heavy atom. The lowest BCUT2D eigenvalue weighted by molar-refractivity contribution is 0.539. The van der Waals surface area contributed by atoms with Crippen molar-refractivity contribution in [2.24, 2.45) is 0 Å². The molecule has 0 saturated heterocycles. The van der Waals surface area contributed by atoms with Crippen LogP contribution in [0.5, 0.6) is 0 Å². The summed E-state index contributed by atoms with van der Waals surface area (Å²) in [6.45, 7) is 0. The molecule has 0 unspecified atom stereocenters. The molecule has 4 nitrogen and oxygen atoms in total. The predicted molar refractivity (Wildman–Crippen MR) is 43.8 cm³/mol. The lowest BCUT2D eigenvalue weighted by atomic mass is 10.4. The number of hydrogen-bond donors (Lipinski definition) is 1. The summed E-state index contributed by atoms with van der Waals surface area (Å²) >= 11 is 0. The monoisotopic (exact) mass is 162 g/mol. The van der Waals surface area contributed by atoms with Crippen LogP contribution in [0, 0.1) is 0 Å². The van der Waals surface area contributed by atoms with Gasteiger partial charge in [0.05, 0.1) is 5.52 Å². The highest BCUT2D eigenvalue weighted by Gasteiger charge is 1.95. The van der Waals surface area contributed by atoms with Crippen LogP contribution < -0.4 is 10.8 Å². The van der Waals surface area contributed by atoms with Crippen molar-refractivity contribution < 1.29 is 5.11 Å². The average molecular weight is 162 g/mol. The fraction of sp³-hybridized carbons (Fsp3) is 0. The van der Waals surface area contributed by atoms with Gasteiger partial charge in [-0.2, -0.15) is 0 Å². The molecule has 0 atom stereocenters. The fourth-order valence-electron chi connectivity index (χ4n) is 1.09. The smallest absolute Gasteiger partial charge is 0.182 e. The molecular formula is C8H6N2O2. The number of fused-ring (bicyclic) bond motifs is 1. The lowest BCUT2D eigenvalue weighted by Crippen LogP contribution is -2.06. The number of pyridine rings is 1. The molecule has 60 valence electrons. The summed E-state index contributed by atoms with van der Waals surface area (Å²) < 4.78 is 1.67. The minimum Gasteiger partial charge on any atom is -0.513 e. The van der Waals surface area contributed by atoms with Gasteiger partial charge < -0.3 is 9.51 Å². The quantitative estimate of drug-likeness (QED) is 0.579. The van der Waals surface area contributed by atoms with Gasteiger partial charge in [-0.15, -0.1) is 0 Å². The number of rotatable bonds is 0. The normalized spacial score (nSPS) is 12.5. The van der Waals surface area contributed by atoms with Crippen LogP contribution in [0.4, 0.5) is 0 Å². The van der Waals surface area contributed by atoms with Crippen LogP contribution in [-0.2, 0) is 0 Å². The molecule has 1 N–H and O–H groups in total. The van der Waals surface area contributed by atoms with Crippen LogP contribution in [0.3, 0.4) is 0 Å². The van der Waals surface area contributed by atoms with E-state index in [0.29, 0.717) is 10.9 Å². The zero-order valence-corrected chi connectivity index (χ0v) is 6.14. The van der Waals surface area contributed by atoms with Crippen LogP contribution in [0.15, 0.2) is 29.5 Å². The molecular weight excluding hydrogens is 156 g/mol. The molecule has 0 aliphatic heterocycles. The molecule has 0 aliphatic carbocycles. The first-order valence-corrected chi connectivity index (χ1v) is 3.42. The third-order valence-corrected chi connectivity index (χ3v) is 1.66. The highest BCUT2D eigenvalue weighted by atomic mass is 16.2. The Balaban J connectivity index is 3.04. The van der Waals surface area contributed by atoms with Crippen molar-refractivity contribution in [1.29, 1.82) is 0 Å². The van der Waals surface area contributed by atoms with Gasteiger partial charge in [0.25, 0.3) is 0 Å². The summed E-state index contributed by atoms with van der Waals surface area (Å²) in [5.74, 6) is 0. The van der Waals surface area contributed by atoms with E-state index in [1.54, 1.807) is 10.6 Å². The van der Waals surface area contributed by atoms with Crippen LogP contribution in [0.25, 0.3) is 11.8 Å². The van der Waals surface area contributed by atoms with E-state index < -0.39 is 0 Å². The predicted octanol–water partition coefficient (Wildman–Crippen LogP) is -0.291. The van der Waals surface area contributed by atoms with Crippen molar-refractivity contribution in [3.05, 3.63) is 40.2 Å². The first kappa shape index (κ1) is 6.84. The number of imidazole rings is 1. The van der Waals surface area contributed by atoms with Crippen LogP contribution in [0.2, 0.25) is 0 Å². The molecule has 12 heavy (non-hydrogen) atoms. The molecule has 0 aliphatic rings. The van der Waals surface area contributed by atoms with Gasteiger partial charge in [0, 0.05) is 18.3 Å². The van der Waals surface area contributed by atoms with E-state index in [0.717, 1.165) is 6.26 Å². The third-order valence-electron chi connectivity index (χ3n) is 1.66. The highest BCUT2D eigenvalue weighted by molar-refractivity contribution is 5.47. The minimum atomic E-state index is -0.0916. The van der Waals surface area contributed by atoms with Gasteiger partial charge in [-0.3, -0.25) is 4.79 Å². The first-order chi connectivity index (χ1) is 5.81. The van der Waals surface area contributed by atoms with E-state index in [1.807, 2.05) is 0 Å². The molecule has 0 bridgehead atoms. The van der Waals surface area contributed by atoms with Crippen molar-refractivity contribution in [3.63, 3.8) is 0 Å². The average Bonchev–Trinajstić information content (AvgIpc) is 2.46. The summed E-state index contributed by atoms with van der Waals surface area (Å²) in [4.78, 5) is 14.8. The molecule has 0 saturated carbocycles. The highest BCUT2D eigenvalue weighted by Crippen LogP contribution is 1.89. The first-order valence-electron chi connectivity index (χ1n) is 3.42. The molecule has 0 radical (unpaired) electrons. The van der Waals surface area contributed by atoms with E-state index >= 15 is 0 Å². The van der Waals surface area contributed by atoms with E-state index in [4.69, 9.17) is 5.11 Å². The number of hydrogen-bond acceptors (Lipinski definition) is 3. The lowest BCUT2D eigenvalue weighted by Gasteiger charge is -1.87. The molecule has 4 heteroatoms. The Labute approximate surface area is 67.4 Å². The Morgan fingerprint density at radius 2 is 2.42 bits per heavy atom. The second-order valence-corrected chi connectivity index (χ2v) is 2.41. The summed E-state index contributed by atoms with van der Waals surface area (Å²) in [5, 5.41) is 9.12. The Morgan fingerprint density at radius 1 is 1.58 bits per heavy atom. The number of nitrogens with zero attached hydrogens (tertiary/aromatic N) is 2. The van der Waals surface area contributed by atoms with Crippen molar-refractivity contribution in [2.75, 3.05) is 0 Å². The molecule has 0 amide bonds. The number of aliphatic hydroxyl groups excluding tert-OH is 1. The summed E-state index contributed by atoms with van der Waals surface area (Å²) in [6.07, 6.45) is 4.03. The van der Waals surface area contributed by atoms with Gasteiger partial charge in [-0.05, 0) is 0 Å². The number of aromatic nitrogens is 2. The van der Waals surface area contributed by atoms with Crippen LogP contribution >= 0.6 is 0 Å². The molecule has 2 aromatic heterocycles. The fourth-order valence-corrected chi connectivity index (χ4v) is 1.09. The SMILES string of the molecule is O=c1ccn2cn/c(=C/O)c2c1. The van der Waals surface area contributed by atoms with Crippen molar-refractivity contribution in [3.8, 4) is 0 Å². The molecule has 2 aromatic rings. The van der Waals surface area contributed by atoms with Gasteiger partial charge in [0.15, 0.2) is 5.43 Å². The van der Waals surface area contributed by atoms with Gasteiger partial charge in [0.1, 0.15) is 17.9 Å². The molecule has 0 aromatic carbocycles. The van der Waals surface area contributed by atoms with Crippen molar-refractivity contribution in [1.82, 2.24) is 9.38 Å². The zero-order chi connectivity index (χ0) is 8.55. The number of aliphatic hydroxyl groups is 1. The Kier molecular flexibility index (Phi) is 1.33. The third kappa shape index (κ3) is 0.852. The standard InChI is InChI=1S/C8H6N2O2/c11-4-7-8-3-6(12)1-2-10(8)5-9-7/h1-5,11H/b7-4+. The minimum absolute atomic E-state index is 0.0916. The summed E-state index contributed by atoms with van der Waals surface area (Å²) in [6, 6.07) is 2.87. The zero-order valence-electron chi connectivity index (χ0n) is 6.14. The van der Waals surface area contributed by atoms with Crippen molar-refractivity contribution >= 4 is 11.8 Å². The second-order valence-electron chi connectivity index (χ2n) is 2.41. The van der Waals surface area contributed by atoms with E-state index in [-0.39, 0.29) is 5.43 Å². The molecule has 0 spiro atoms. The largest absolute Gasteiger partial charge is 0.513 e. The van der Waals surface area contributed by atoms with E-state index in [2.05, 4.69) is 4.98 Å². The van der Waals surface area contributed by atoms with E-state index in [1.165, 1.54) is 18.5 Å². The van der Waals surface area contributed by atoms with Crippen molar-refractivity contribution in [2.45, 2.75) is 0 Å². The van der Waals surface area contributed by atoms with E-state index in [9.17, 15) is 4.79 Å². The van der Waals surface area contributed by atoms with Crippen LogP contribution in [-0.4, -0.2) is 14.5 Å². The van der Waals surface area contributed by atoms with Gasteiger partial charge in [0.2, 0.25) is 0 Å². The van der Waals surface area contributed by atoms with Gasteiger partial charge in [-0.1, -0.05) is 0 Å². The molecule has 2 rings (SSSR count). The molecule has 0 fully saturated rings. The van der Waals surface area contributed by atoms with Gasteiger partial charge >= 0.3 is 0 Å². The Hall–Kier alpha value is -1.84.